The first-order chi connectivity index (χ1) is 8.79. The molecule has 0 bridgehead atoms. The number of carbonyl (C=O) groups is 2. The van der Waals surface area contributed by atoms with Gasteiger partial charge in [-0.3, -0.25) is 9.59 Å². The standard InChI is InChI=1S/C12H16N4O2/c17-10-15-3-5-16(6-4-15)12(18)2-1-11-7-13-9-14-8-11/h7-10H,1-6H2. The zero-order valence-electron chi connectivity index (χ0n) is 10.2. The van der Waals surface area contributed by atoms with Crippen LogP contribution in [0, 0.1) is 0 Å². The van der Waals surface area contributed by atoms with E-state index in [9.17, 15) is 9.59 Å². The van der Waals surface area contributed by atoms with Crippen molar-refractivity contribution in [1.82, 2.24) is 19.8 Å². The maximum absolute atomic E-state index is 11.9. The van der Waals surface area contributed by atoms with Crippen LogP contribution in [0.3, 0.4) is 0 Å². The Bertz CT molecular complexity index is 402. The molecule has 0 N–H and O–H groups in total. The van der Waals surface area contributed by atoms with E-state index in [1.807, 2.05) is 4.90 Å². The lowest BCUT2D eigenvalue weighted by Crippen LogP contribution is -2.48. The van der Waals surface area contributed by atoms with Gasteiger partial charge in [0.1, 0.15) is 6.33 Å². The van der Waals surface area contributed by atoms with E-state index < -0.39 is 0 Å². The van der Waals surface area contributed by atoms with E-state index in [1.165, 1.54) is 6.33 Å². The van der Waals surface area contributed by atoms with Crippen molar-refractivity contribution >= 4 is 12.3 Å². The molecule has 18 heavy (non-hydrogen) atoms. The number of hydrogen-bond acceptors (Lipinski definition) is 4. The third kappa shape index (κ3) is 3.26. The van der Waals surface area contributed by atoms with Gasteiger partial charge in [-0.15, -0.1) is 0 Å². The number of nitrogens with zero attached hydrogens (tertiary/aromatic N) is 4. The topological polar surface area (TPSA) is 66.4 Å². The number of carbonyl (C=O) groups excluding carboxylic acids is 2. The van der Waals surface area contributed by atoms with Crippen LogP contribution in [0.5, 0.6) is 0 Å². The molecule has 1 aliphatic rings. The fraction of sp³-hybridized carbons (Fsp3) is 0.500. The van der Waals surface area contributed by atoms with E-state index >= 15 is 0 Å². The molecule has 0 radical (unpaired) electrons. The predicted molar refractivity (Wildman–Crippen MR) is 64.6 cm³/mol. The van der Waals surface area contributed by atoms with Crippen LogP contribution in [0.25, 0.3) is 0 Å². The van der Waals surface area contributed by atoms with Crippen molar-refractivity contribution in [3.63, 3.8) is 0 Å². The fourth-order valence-corrected chi connectivity index (χ4v) is 1.95. The van der Waals surface area contributed by atoms with E-state index in [0.29, 0.717) is 39.0 Å². The Balaban J connectivity index is 1.77. The largest absolute Gasteiger partial charge is 0.342 e. The molecule has 1 aromatic heterocycles. The summed E-state index contributed by atoms with van der Waals surface area (Å²) in [5.41, 5.74) is 0.970. The summed E-state index contributed by atoms with van der Waals surface area (Å²) in [6.07, 6.45) is 6.89. The predicted octanol–water partition coefficient (Wildman–Crippen LogP) is -0.290. The smallest absolute Gasteiger partial charge is 0.223 e. The molecular formula is C12H16N4O2. The summed E-state index contributed by atoms with van der Waals surface area (Å²) < 4.78 is 0. The Hall–Kier alpha value is -1.98. The summed E-state index contributed by atoms with van der Waals surface area (Å²) in [5.74, 6) is 0.129. The van der Waals surface area contributed by atoms with Crippen LogP contribution < -0.4 is 0 Å². The van der Waals surface area contributed by atoms with Gasteiger partial charge in [-0.05, 0) is 12.0 Å². The highest BCUT2D eigenvalue weighted by atomic mass is 16.2. The second kappa shape index (κ2) is 6.09. The van der Waals surface area contributed by atoms with Gasteiger partial charge in [0.25, 0.3) is 0 Å². The molecule has 0 unspecified atom stereocenters. The summed E-state index contributed by atoms with van der Waals surface area (Å²) in [5, 5.41) is 0. The summed E-state index contributed by atoms with van der Waals surface area (Å²) in [6.45, 7) is 2.51. The van der Waals surface area contributed by atoms with E-state index in [2.05, 4.69) is 9.97 Å². The van der Waals surface area contributed by atoms with Crippen molar-refractivity contribution in [2.24, 2.45) is 0 Å². The van der Waals surface area contributed by atoms with Gasteiger partial charge in [0.15, 0.2) is 0 Å². The Labute approximate surface area is 106 Å². The highest BCUT2D eigenvalue weighted by molar-refractivity contribution is 5.76. The second-order valence-corrected chi connectivity index (χ2v) is 4.27. The average molecular weight is 248 g/mol. The molecule has 2 heterocycles. The van der Waals surface area contributed by atoms with Crippen molar-refractivity contribution in [3.8, 4) is 0 Å². The molecule has 0 aliphatic carbocycles. The first kappa shape index (κ1) is 12.5. The molecule has 0 saturated carbocycles. The van der Waals surface area contributed by atoms with Crippen molar-refractivity contribution < 1.29 is 9.59 Å². The van der Waals surface area contributed by atoms with Crippen molar-refractivity contribution in [3.05, 3.63) is 24.3 Å². The van der Waals surface area contributed by atoms with Crippen LogP contribution in [-0.2, 0) is 16.0 Å². The highest BCUT2D eigenvalue weighted by Gasteiger charge is 2.19. The quantitative estimate of drug-likeness (QED) is 0.687. The number of aromatic nitrogens is 2. The molecule has 6 heteroatoms. The molecule has 1 aliphatic heterocycles. The lowest BCUT2D eigenvalue weighted by atomic mass is 10.1. The number of rotatable bonds is 4. The minimum absolute atomic E-state index is 0.129. The molecule has 1 saturated heterocycles. The molecule has 2 amide bonds. The van der Waals surface area contributed by atoms with E-state index in [0.717, 1.165) is 12.0 Å². The van der Waals surface area contributed by atoms with Crippen molar-refractivity contribution in [2.75, 3.05) is 26.2 Å². The SMILES string of the molecule is O=CN1CCN(C(=O)CCc2cncnc2)CC1. The van der Waals surface area contributed by atoms with Crippen LogP contribution in [0.2, 0.25) is 0 Å². The van der Waals surface area contributed by atoms with Crippen molar-refractivity contribution in [2.45, 2.75) is 12.8 Å². The van der Waals surface area contributed by atoms with Crippen LogP contribution in [-0.4, -0.2) is 58.3 Å². The highest BCUT2D eigenvalue weighted by Crippen LogP contribution is 2.05. The molecule has 1 fully saturated rings. The van der Waals surface area contributed by atoms with Crippen molar-refractivity contribution in [1.29, 1.82) is 0 Å². The first-order valence-corrected chi connectivity index (χ1v) is 6.00. The molecule has 1 aromatic rings. The van der Waals surface area contributed by atoms with E-state index in [-0.39, 0.29) is 5.91 Å². The number of amides is 2. The number of hydrogen-bond donors (Lipinski definition) is 0. The molecule has 96 valence electrons. The van der Waals surface area contributed by atoms with Crippen LogP contribution in [0.4, 0.5) is 0 Å². The summed E-state index contributed by atoms with van der Waals surface area (Å²) in [7, 11) is 0. The number of piperazine rings is 1. The fourth-order valence-electron chi connectivity index (χ4n) is 1.95. The van der Waals surface area contributed by atoms with Crippen LogP contribution >= 0.6 is 0 Å². The first-order valence-electron chi connectivity index (χ1n) is 6.00. The zero-order valence-corrected chi connectivity index (χ0v) is 10.2. The third-order valence-corrected chi connectivity index (χ3v) is 3.06. The van der Waals surface area contributed by atoms with Gasteiger partial charge in [0, 0.05) is 45.0 Å². The minimum Gasteiger partial charge on any atom is -0.342 e. The van der Waals surface area contributed by atoms with Crippen LogP contribution in [0.1, 0.15) is 12.0 Å². The van der Waals surface area contributed by atoms with Gasteiger partial charge in [-0.25, -0.2) is 9.97 Å². The number of aryl methyl sites for hydroxylation is 1. The maximum atomic E-state index is 11.9. The summed E-state index contributed by atoms with van der Waals surface area (Å²) in [6, 6.07) is 0. The third-order valence-electron chi connectivity index (χ3n) is 3.06. The molecular weight excluding hydrogens is 232 g/mol. The Morgan fingerprint density at radius 3 is 2.50 bits per heavy atom. The maximum Gasteiger partial charge on any atom is 0.223 e. The van der Waals surface area contributed by atoms with Gasteiger partial charge in [0.2, 0.25) is 12.3 Å². The molecule has 0 aromatic carbocycles. The van der Waals surface area contributed by atoms with Gasteiger partial charge in [-0.2, -0.15) is 0 Å². The molecule has 0 spiro atoms. The lowest BCUT2D eigenvalue weighted by molar-refractivity contribution is -0.135. The molecule has 0 atom stereocenters. The Morgan fingerprint density at radius 2 is 1.89 bits per heavy atom. The monoisotopic (exact) mass is 248 g/mol. The van der Waals surface area contributed by atoms with Gasteiger partial charge < -0.3 is 9.80 Å². The average Bonchev–Trinajstić information content (AvgIpc) is 2.46. The van der Waals surface area contributed by atoms with Gasteiger partial charge in [0.05, 0.1) is 0 Å². The Kier molecular flexibility index (Phi) is 4.22. The lowest BCUT2D eigenvalue weighted by Gasteiger charge is -2.32. The van der Waals surface area contributed by atoms with Gasteiger partial charge in [-0.1, -0.05) is 0 Å². The second-order valence-electron chi connectivity index (χ2n) is 4.27. The summed E-state index contributed by atoms with van der Waals surface area (Å²) in [4.78, 5) is 33.8. The van der Waals surface area contributed by atoms with Crippen LogP contribution in [0.15, 0.2) is 18.7 Å². The Morgan fingerprint density at radius 1 is 1.22 bits per heavy atom. The zero-order chi connectivity index (χ0) is 12.8. The molecule has 6 nitrogen and oxygen atoms in total. The minimum atomic E-state index is 0.129. The van der Waals surface area contributed by atoms with E-state index in [4.69, 9.17) is 0 Å². The van der Waals surface area contributed by atoms with Gasteiger partial charge >= 0.3 is 0 Å². The summed E-state index contributed by atoms with van der Waals surface area (Å²) >= 11 is 0. The normalized spacial score (nSPS) is 15.6. The molecule has 2 rings (SSSR count). The van der Waals surface area contributed by atoms with E-state index in [1.54, 1.807) is 17.3 Å².